The molecule has 44 heavy (non-hydrogen) atoms. The summed E-state index contributed by atoms with van der Waals surface area (Å²) in [6.45, 7) is 8.10. The van der Waals surface area contributed by atoms with E-state index < -0.39 is 12.1 Å². The van der Waals surface area contributed by atoms with E-state index in [2.05, 4.69) is 35.9 Å². The summed E-state index contributed by atoms with van der Waals surface area (Å²) >= 11 is 0. The number of carbonyl (C=O) groups excluding carboxylic acids is 3. The fourth-order valence-electron chi connectivity index (χ4n) is 5.35. The second-order valence-corrected chi connectivity index (χ2v) is 11.5. The minimum absolute atomic E-state index is 0.0178. The minimum atomic E-state index is -0.790. The normalized spacial score (nSPS) is 19.7. The van der Waals surface area contributed by atoms with Gasteiger partial charge >= 0.3 is 0 Å². The van der Waals surface area contributed by atoms with Gasteiger partial charge in [-0.2, -0.15) is 5.10 Å². The lowest BCUT2D eigenvalue weighted by Gasteiger charge is -2.26. The van der Waals surface area contributed by atoms with E-state index in [4.69, 9.17) is 4.74 Å². The van der Waals surface area contributed by atoms with Crippen LogP contribution in [0, 0.1) is 12.8 Å². The maximum Gasteiger partial charge on any atom is 0.243 e. The second-order valence-electron chi connectivity index (χ2n) is 11.5. The first-order chi connectivity index (χ1) is 21.2. The van der Waals surface area contributed by atoms with E-state index in [0.29, 0.717) is 63.0 Å². The molecule has 1 aromatic carbocycles. The van der Waals surface area contributed by atoms with Crippen molar-refractivity contribution in [3.8, 4) is 5.88 Å². The van der Waals surface area contributed by atoms with E-state index in [-0.39, 0.29) is 36.6 Å². The van der Waals surface area contributed by atoms with Crippen molar-refractivity contribution >= 4 is 17.7 Å². The number of methoxy groups -OCH3 is 1. The largest absolute Gasteiger partial charge is 0.481 e. The number of nitrogens with zero attached hydrogens (tertiary/aromatic N) is 5. The summed E-state index contributed by atoms with van der Waals surface area (Å²) in [5.41, 5.74) is 1.88. The Labute approximate surface area is 259 Å². The van der Waals surface area contributed by atoms with Crippen molar-refractivity contribution in [2.24, 2.45) is 5.92 Å². The number of amides is 3. The molecule has 3 heterocycles. The summed E-state index contributed by atoms with van der Waals surface area (Å²) < 4.78 is 7.01. The van der Waals surface area contributed by atoms with E-state index in [0.717, 1.165) is 11.1 Å². The van der Waals surface area contributed by atoms with Crippen LogP contribution in [0.3, 0.4) is 0 Å². The molecule has 3 amide bonds. The van der Waals surface area contributed by atoms with Crippen LogP contribution in [0.1, 0.15) is 61.9 Å². The number of pyridine rings is 1. The van der Waals surface area contributed by atoms with Crippen molar-refractivity contribution in [1.82, 2.24) is 40.6 Å². The van der Waals surface area contributed by atoms with Gasteiger partial charge in [0, 0.05) is 44.2 Å². The maximum absolute atomic E-state index is 13.8. The summed E-state index contributed by atoms with van der Waals surface area (Å²) in [6, 6.07) is 12.2. The SMILES string of the molecule is COc1ncccc1CN1CCCNC(=O)Cn2nc(C)nc2[C@H](C(C)C)NC(=O)[C@@H](Cc2ccccc2)NC(=O)CCC1. The number of rotatable bonds is 6. The quantitative estimate of drug-likeness (QED) is 0.389. The van der Waals surface area contributed by atoms with E-state index in [9.17, 15) is 14.4 Å². The molecule has 12 heteroatoms. The highest BCUT2D eigenvalue weighted by Crippen LogP contribution is 2.21. The number of carbonyl (C=O) groups is 3. The van der Waals surface area contributed by atoms with E-state index in [1.807, 2.05) is 56.3 Å². The topological polar surface area (TPSA) is 143 Å². The summed E-state index contributed by atoms with van der Waals surface area (Å²) in [7, 11) is 1.60. The number of aryl methyl sites for hydroxylation is 1. The zero-order valence-electron chi connectivity index (χ0n) is 26.1. The molecular weight excluding hydrogens is 560 g/mol. The van der Waals surface area contributed by atoms with Crippen LogP contribution in [0.2, 0.25) is 0 Å². The highest BCUT2D eigenvalue weighted by molar-refractivity contribution is 5.88. The predicted molar refractivity (Wildman–Crippen MR) is 165 cm³/mol. The van der Waals surface area contributed by atoms with Crippen molar-refractivity contribution in [3.05, 3.63) is 71.4 Å². The Morgan fingerprint density at radius 3 is 2.52 bits per heavy atom. The van der Waals surface area contributed by atoms with Gasteiger partial charge in [-0.1, -0.05) is 50.2 Å². The molecule has 4 rings (SSSR count). The molecule has 1 aliphatic rings. The Bertz CT molecular complexity index is 1390. The predicted octanol–water partition coefficient (Wildman–Crippen LogP) is 2.33. The standard InChI is InChI=1S/C32H44N8O4/c1-22(2)29-30-35-23(3)38-40(30)21-28(42)33-16-10-18-39(20-25-13-8-15-34-32(25)44-4)17-9-14-27(41)36-26(31(43)37-29)19-24-11-6-5-7-12-24/h5-8,11-13,15,22,26,29H,9-10,14,16-21H2,1-4H3,(H,33,42)(H,36,41)(H,37,43)/t26-,29+/m1/s1. The van der Waals surface area contributed by atoms with Crippen LogP contribution < -0.4 is 20.7 Å². The first-order valence-electron chi connectivity index (χ1n) is 15.3. The van der Waals surface area contributed by atoms with Gasteiger partial charge in [-0.05, 0) is 43.9 Å². The van der Waals surface area contributed by atoms with Crippen LogP contribution >= 0.6 is 0 Å². The highest BCUT2D eigenvalue weighted by Gasteiger charge is 2.29. The molecule has 2 aromatic heterocycles. The summed E-state index contributed by atoms with van der Waals surface area (Å²) in [5, 5.41) is 13.6. The third-order valence-electron chi connectivity index (χ3n) is 7.57. The van der Waals surface area contributed by atoms with Crippen LogP contribution in [0.4, 0.5) is 0 Å². The lowest BCUT2D eigenvalue weighted by atomic mass is 10.0. The smallest absolute Gasteiger partial charge is 0.243 e. The zero-order valence-corrected chi connectivity index (χ0v) is 26.1. The van der Waals surface area contributed by atoms with E-state index >= 15 is 0 Å². The van der Waals surface area contributed by atoms with Crippen molar-refractivity contribution < 1.29 is 19.1 Å². The van der Waals surface area contributed by atoms with Gasteiger partial charge in [0.15, 0.2) is 5.82 Å². The number of aromatic nitrogens is 4. The molecule has 1 aliphatic heterocycles. The zero-order chi connectivity index (χ0) is 31.5. The van der Waals surface area contributed by atoms with Crippen LogP contribution in [0.25, 0.3) is 0 Å². The molecule has 2 atom stereocenters. The molecule has 3 aromatic rings. The van der Waals surface area contributed by atoms with Gasteiger partial charge in [-0.15, -0.1) is 0 Å². The van der Waals surface area contributed by atoms with Gasteiger partial charge in [0.25, 0.3) is 0 Å². The van der Waals surface area contributed by atoms with Crippen LogP contribution in [0.15, 0.2) is 48.7 Å². The first-order valence-corrected chi connectivity index (χ1v) is 15.3. The van der Waals surface area contributed by atoms with E-state index in [1.54, 1.807) is 24.9 Å². The van der Waals surface area contributed by atoms with Crippen molar-refractivity contribution in [2.75, 3.05) is 26.7 Å². The van der Waals surface area contributed by atoms with Crippen molar-refractivity contribution in [1.29, 1.82) is 0 Å². The lowest BCUT2D eigenvalue weighted by Crippen LogP contribution is -2.50. The molecular formula is C32H44N8O4. The van der Waals surface area contributed by atoms with Gasteiger partial charge in [0.1, 0.15) is 18.4 Å². The Hall–Kier alpha value is -4.32. The van der Waals surface area contributed by atoms with Crippen LogP contribution in [-0.2, 0) is 33.9 Å². The molecule has 0 spiro atoms. The number of hydrogen-bond acceptors (Lipinski definition) is 8. The molecule has 0 radical (unpaired) electrons. The molecule has 0 saturated carbocycles. The van der Waals surface area contributed by atoms with Gasteiger partial charge in [-0.25, -0.2) is 14.6 Å². The Morgan fingerprint density at radius 1 is 1.00 bits per heavy atom. The number of hydrogen-bond donors (Lipinski definition) is 3. The van der Waals surface area contributed by atoms with Crippen LogP contribution in [-0.4, -0.2) is 75.2 Å². The highest BCUT2D eigenvalue weighted by atomic mass is 16.5. The average Bonchev–Trinajstić information content (AvgIpc) is 3.36. The van der Waals surface area contributed by atoms with Crippen molar-refractivity contribution in [3.63, 3.8) is 0 Å². The third kappa shape index (κ3) is 9.34. The minimum Gasteiger partial charge on any atom is -0.481 e. The molecule has 0 aliphatic carbocycles. The fourth-order valence-corrected chi connectivity index (χ4v) is 5.35. The molecule has 12 nitrogen and oxygen atoms in total. The van der Waals surface area contributed by atoms with Crippen LogP contribution in [0.5, 0.6) is 5.88 Å². The maximum atomic E-state index is 13.8. The Morgan fingerprint density at radius 2 is 1.77 bits per heavy atom. The van der Waals surface area contributed by atoms with Gasteiger partial charge in [0.2, 0.25) is 23.6 Å². The third-order valence-corrected chi connectivity index (χ3v) is 7.57. The Balaban J connectivity index is 1.58. The molecule has 0 fully saturated rings. The summed E-state index contributed by atoms with van der Waals surface area (Å²) in [4.78, 5) is 51.1. The average molecular weight is 605 g/mol. The number of nitrogens with one attached hydrogen (secondary N) is 3. The van der Waals surface area contributed by atoms with Crippen molar-refractivity contribution in [2.45, 2.75) is 71.6 Å². The lowest BCUT2D eigenvalue weighted by molar-refractivity contribution is -0.129. The first kappa shape index (κ1) is 32.6. The molecule has 236 valence electrons. The fraction of sp³-hybridized carbons (Fsp3) is 0.500. The second kappa shape index (κ2) is 15.9. The van der Waals surface area contributed by atoms with Gasteiger partial charge in [-0.3, -0.25) is 19.3 Å². The molecule has 0 unspecified atom stereocenters. The number of ether oxygens (including phenoxy) is 1. The molecule has 3 N–H and O–H groups in total. The summed E-state index contributed by atoms with van der Waals surface area (Å²) in [5.74, 6) is 0.842. The summed E-state index contributed by atoms with van der Waals surface area (Å²) in [6.07, 6.45) is 3.60. The Kier molecular flexibility index (Phi) is 11.8. The van der Waals surface area contributed by atoms with Gasteiger partial charge < -0.3 is 20.7 Å². The van der Waals surface area contributed by atoms with E-state index in [1.165, 1.54) is 0 Å². The monoisotopic (exact) mass is 604 g/mol. The number of fused-ring (bicyclic) bond motifs is 1. The van der Waals surface area contributed by atoms with Gasteiger partial charge in [0.05, 0.1) is 13.2 Å². The number of benzene rings is 1. The molecule has 0 saturated heterocycles. The molecule has 0 bridgehead atoms.